The van der Waals surface area contributed by atoms with Gasteiger partial charge in [-0.15, -0.1) is 0 Å². The highest BCUT2D eigenvalue weighted by molar-refractivity contribution is 6.09. The van der Waals surface area contributed by atoms with Crippen molar-refractivity contribution < 1.29 is 23.9 Å². The Morgan fingerprint density at radius 1 is 0.882 bits per heavy atom. The number of para-hydroxylation sites is 1. The van der Waals surface area contributed by atoms with Crippen LogP contribution in [0.15, 0.2) is 48.5 Å². The third kappa shape index (κ3) is 6.34. The monoisotopic (exact) mass is 466 g/mol. The second-order valence-electron chi connectivity index (χ2n) is 7.86. The summed E-state index contributed by atoms with van der Waals surface area (Å²) in [6.45, 7) is 5.49. The van der Waals surface area contributed by atoms with Gasteiger partial charge in [0.2, 0.25) is 5.91 Å². The molecule has 0 saturated carbocycles. The summed E-state index contributed by atoms with van der Waals surface area (Å²) in [7, 11) is 0. The normalized spacial score (nSPS) is 13.2. The van der Waals surface area contributed by atoms with Crippen molar-refractivity contribution in [3.8, 4) is 0 Å². The van der Waals surface area contributed by atoms with Crippen molar-refractivity contribution >= 4 is 35.2 Å². The van der Waals surface area contributed by atoms with Crippen LogP contribution in [0.4, 0.5) is 16.2 Å². The maximum Gasteiger partial charge on any atom is 0.409 e. The van der Waals surface area contributed by atoms with Crippen molar-refractivity contribution in [1.29, 1.82) is 0 Å². The van der Waals surface area contributed by atoms with E-state index in [0.29, 0.717) is 61.7 Å². The molecule has 0 aromatic heterocycles. The molecule has 1 aliphatic heterocycles. The van der Waals surface area contributed by atoms with E-state index in [4.69, 9.17) is 4.74 Å². The van der Waals surface area contributed by atoms with E-state index < -0.39 is 0 Å². The average molecular weight is 467 g/mol. The van der Waals surface area contributed by atoms with Gasteiger partial charge in [-0.25, -0.2) is 4.79 Å². The molecule has 0 atom stereocenters. The number of ether oxygens (including phenoxy) is 1. The van der Waals surface area contributed by atoms with E-state index in [1.165, 1.54) is 0 Å². The molecule has 2 N–H and O–H groups in total. The molecular weight excluding hydrogens is 436 g/mol. The van der Waals surface area contributed by atoms with Crippen molar-refractivity contribution in [2.75, 3.05) is 43.4 Å². The summed E-state index contributed by atoms with van der Waals surface area (Å²) in [4.78, 5) is 53.1. The van der Waals surface area contributed by atoms with Crippen LogP contribution >= 0.6 is 0 Å². The molecule has 0 radical (unpaired) electrons. The largest absolute Gasteiger partial charge is 0.450 e. The second-order valence-corrected chi connectivity index (χ2v) is 7.86. The standard InChI is InChI=1S/C25H30N4O5/c1-3-8-22(30)26-19-10-7-9-18(17-19)23(31)27-21-12-6-5-11-20(21)24(32)28-13-15-29(16-14-28)25(33)34-4-2/h5-7,9-12,17H,3-4,8,13-16H2,1-2H3,(H,26,30)(H,27,31). The van der Waals surface area contributed by atoms with Gasteiger partial charge in [-0.2, -0.15) is 0 Å². The third-order valence-electron chi connectivity index (χ3n) is 5.38. The molecule has 1 heterocycles. The minimum atomic E-state index is -0.390. The van der Waals surface area contributed by atoms with E-state index in [-0.39, 0.29) is 23.8 Å². The van der Waals surface area contributed by atoms with Crippen LogP contribution in [0.25, 0.3) is 0 Å². The van der Waals surface area contributed by atoms with Crippen LogP contribution in [0, 0.1) is 0 Å². The number of benzene rings is 2. The number of hydrogen-bond acceptors (Lipinski definition) is 5. The summed E-state index contributed by atoms with van der Waals surface area (Å²) in [5.74, 6) is -0.724. The zero-order valence-corrected chi connectivity index (χ0v) is 19.5. The first kappa shape index (κ1) is 24.8. The molecule has 3 rings (SSSR count). The Balaban J connectivity index is 1.68. The van der Waals surface area contributed by atoms with Gasteiger partial charge >= 0.3 is 6.09 Å². The maximum atomic E-state index is 13.2. The number of piperazine rings is 1. The number of nitrogens with one attached hydrogen (secondary N) is 2. The summed E-state index contributed by atoms with van der Waals surface area (Å²) < 4.78 is 5.02. The Bertz CT molecular complexity index is 1050. The molecule has 34 heavy (non-hydrogen) atoms. The fraction of sp³-hybridized carbons (Fsp3) is 0.360. The van der Waals surface area contributed by atoms with Crippen molar-refractivity contribution in [3.05, 3.63) is 59.7 Å². The quantitative estimate of drug-likeness (QED) is 0.648. The third-order valence-corrected chi connectivity index (χ3v) is 5.38. The molecule has 2 aromatic rings. The predicted octanol–water partition coefficient (Wildman–Crippen LogP) is 3.59. The van der Waals surface area contributed by atoms with Gasteiger partial charge in [-0.1, -0.05) is 25.1 Å². The molecule has 1 aliphatic rings. The van der Waals surface area contributed by atoms with E-state index in [1.54, 1.807) is 65.3 Å². The molecule has 0 unspecified atom stereocenters. The van der Waals surface area contributed by atoms with Gasteiger partial charge in [0.1, 0.15) is 0 Å². The molecule has 2 aromatic carbocycles. The van der Waals surface area contributed by atoms with Gasteiger partial charge in [-0.05, 0) is 43.7 Å². The number of nitrogens with zero attached hydrogens (tertiary/aromatic N) is 2. The lowest BCUT2D eigenvalue weighted by molar-refractivity contribution is -0.116. The van der Waals surface area contributed by atoms with E-state index in [1.807, 2.05) is 6.92 Å². The Kier molecular flexibility index (Phi) is 8.61. The number of hydrogen-bond donors (Lipinski definition) is 2. The minimum Gasteiger partial charge on any atom is -0.450 e. The molecule has 4 amide bonds. The minimum absolute atomic E-state index is 0.112. The fourth-order valence-electron chi connectivity index (χ4n) is 3.64. The second kappa shape index (κ2) is 11.8. The predicted molar refractivity (Wildman–Crippen MR) is 129 cm³/mol. The highest BCUT2D eigenvalue weighted by Gasteiger charge is 2.27. The molecular formula is C25H30N4O5. The lowest BCUT2D eigenvalue weighted by Crippen LogP contribution is -2.50. The number of carbonyl (C=O) groups excluding carboxylic acids is 4. The summed E-state index contributed by atoms with van der Waals surface area (Å²) in [6.07, 6.45) is 0.754. The Morgan fingerprint density at radius 2 is 1.59 bits per heavy atom. The lowest BCUT2D eigenvalue weighted by atomic mass is 10.1. The van der Waals surface area contributed by atoms with Gasteiger partial charge in [0.15, 0.2) is 0 Å². The molecule has 1 fully saturated rings. The number of carbonyl (C=O) groups is 4. The molecule has 0 aliphatic carbocycles. The highest BCUT2D eigenvalue weighted by atomic mass is 16.6. The van der Waals surface area contributed by atoms with Crippen molar-refractivity contribution in [3.63, 3.8) is 0 Å². The van der Waals surface area contributed by atoms with Crippen molar-refractivity contribution in [2.24, 2.45) is 0 Å². The first-order valence-electron chi connectivity index (χ1n) is 11.4. The number of amides is 4. The Hall–Kier alpha value is -3.88. The van der Waals surface area contributed by atoms with Gasteiger partial charge in [0, 0.05) is 43.9 Å². The summed E-state index contributed by atoms with van der Waals surface area (Å²) in [6, 6.07) is 13.5. The lowest BCUT2D eigenvalue weighted by Gasteiger charge is -2.34. The smallest absolute Gasteiger partial charge is 0.409 e. The Labute approximate surface area is 199 Å². The van der Waals surface area contributed by atoms with Crippen molar-refractivity contribution in [2.45, 2.75) is 26.7 Å². The van der Waals surface area contributed by atoms with E-state index >= 15 is 0 Å². The number of rotatable bonds is 7. The highest BCUT2D eigenvalue weighted by Crippen LogP contribution is 2.20. The average Bonchev–Trinajstić information content (AvgIpc) is 2.84. The molecule has 180 valence electrons. The van der Waals surface area contributed by atoms with Crippen LogP contribution < -0.4 is 10.6 Å². The SMILES string of the molecule is CCCC(=O)Nc1cccc(C(=O)Nc2ccccc2C(=O)N2CCN(C(=O)OCC)CC2)c1. The molecule has 0 bridgehead atoms. The molecule has 9 nitrogen and oxygen atoms in total. The van der Waals surface area contributed by atoms with Gasteiger partial charge < -0.3 is 25.2 Å². The summed E-state index contributed by atoms with van der Waals surface area (Å²) in [5.41, 5.74) is 1.66. The Morgan fingerprint density at radius 3 is 2.29 bits per heavy atom. The van der Waals surface area contributed by atoms with E-state index in [0.717, 1.165) is 6.42 Å². The summed E-state index contributed by atoms with van der Waals surface area (Å²) in [5, 5.41) is 5.59. The topological polar surface area (TPSA) is 108 Å². The van der Waals surface area contributed by atoms with E-state index in [2.05, 4.69) is 10.6 Å². The van der Waals surface area contributed by atoms with E-state index in [9.17, 15) is 19.2 Å². The number of anilines is 2. The van der Waals surface area contributed by atoms with Gasteiger partial charge in [0.25, 0.3) is 11.8 Å². The van der Waals surface area contributed by atoms with Crippen LogP contribution in [-0.2, 0) is 9.53 Å². The van der Waals surface area contributed by atoms with Crippen LogP contribution in [0.1, 0.15) is 47.4 Å². The van der Waals surface area contributed by atoms with Gasteiger partial charge in [-0.3, -0.25) is 14.4 Å². The maximum absolute atomic E-state index is 13.2. The molecule has 9 heteroatoms. The molecule has 1 saturated heterocycles. The fourth-order valence-corrected chi connectivity index (χ4v) is 3.64. The van der Waals surface area contributed by atoms with Crippen molar-refractivity contribution in [1.82, 2.24) is 9.80 Å². The van der Waals surface area contributed by atoms with Crippen LogP contribution in [0.2, 0.25) is 0 Å². The van der Waals surface area contributed by atoms with Crippen LogP contribution in [-0.4, -0.2) is 66.4 Å². The zero-order valence-electron chi connectivity index (χ0n) is 19.5. The van der Waals surface area contributed by atoms with Crippen LogP contribution in [0.3, 0.4) is 0 Å². The zero-order chi connectivity index (χ0) is 24.5. The van der Waals surface area contributed by atoms with Crippen LogP contribution in [0.5, 0.6) is 0 Å². The molecule has 0 spiro atoms. The van der Waals surface area contributed by atoms with Gasteiger partial charge in [0.05, 0.1) is 17.9 Å². The first-order chi connectivity index (χ1) is 16.4. The first-order valence-corrected chi connectivity index (χ1v) is 11.4. The summed E-state index contributed by atoms with van der Waals surface area (Å²) >= 11 is 0.